The molecule has 1 aromatic carbocycles. The molecule has 4 atom stereocenters. The third-order valence-electron chi connectivity index (χ3n) is 3.76. The highest BCUT2D eigenvalue weighted by Gasteiger charge is 2.49. The fourth-order valence-corrected chi connectivity index (χ4v) is 2.62. The Balaban J connectivity index is 2.03. The predicted octanol–water partition coefficient (Wildman–Crippen LogP) is 3.99. The van der Waals surface area contributed by atoms with Gasteiger partial charge >= 0.3 is 6.16 Å². The Labute approximate surface area is 130 Å². The van der Waals surface area contributed by atoms with Crippen LogP contribution < -0.4 is 4.74 Å². The van der Waals surface area contributed by atoms with Gasteiger partial charge < -0.3 is 14.2 Å². The van der Waals surface area contributed by atoms with Crippen molar-refractivity contribution in [3.8, 4) is 5.75 Å². The Morgan fingerprint density at radius 2 is 1.68 bits per heavy atom. The molecule has 0 saturated carbocycles. The van der Waals surface area contributed by atoms with Crippen molar-refractivity contribution in [1.82, 2.24) is 0 Å². The highest BCUT2D eigenvalue weighted by molar-refractivity contribution is 5.64. The molecule has 0 aliphatic carbocycles. The van der Waals surface area contributed by atoms with Crippen LogP contribution in [0, 0.1) is 11.8 Å². The summed E-state index contributed by atoms with van der Waals surface area (Å²) >= 11 is 0. The maximum atomic E-state index is 14.6. The zero-order valence-electron chi connectivity index (χ0n) is 13.4. The lowest BCUT2D eigenvalue weighted by molar-refractivity contribution is -0.0397. The van der Waals surface area contributed by atoms with Gasteiger partial charge in [-0.2, -0.15) is 0 Å². The van der Waals surface area contributed by atoms with Crippen LogP contribution in [0.2, 0.25) is 0 Å². The first-order valence-corrected chi connectivity index (χ1v) is 7.63. The second-order valence-electron chi connectivity index (χ2n) is 6.25. The lowest BCUT2D eigenvalue weighted by atomic mass is 9.97. The summed E-state index contributed by atoms with van der Waals surface area (Å²) in [5.41, 5.74) is 0. The van der Waals surface area contributed by atoms with Gasteiger partial charge in [-0.25, -0.2) is 9.18 Å². The SMILES string of the molecule is CC(C)[C@H]1O[C@@H](C(C)C)[C@@H](F)[C@H]1OC(=O)Oc1ccccc1. The van der Waals surface area contributed by atoms with Gasteiger partial charge in [0.1, 0.15) is 11.9 Å². The van der Waals surface area contributed by atoms with Crippen LogP contribution in [0.25, 0.3) is 0 Å². The topological polar surface area (TPSA) is 44.8 Å². The molecule has 0 unspecified atom stereocenters. The molecule has 1 heterocycles. The third-order valence-corrected chi connectivity index (χ3v) is 3.76. The van der Waals surface area contributed by atoms with Crippen molar-refractivity contribution >= 4 is 6.16 Å². The van der Waals surface area contributed by atoms with Gasteiger partial charge in [-0.05, 0) is 24.0 Å². The van der Waals surface area contributed by atoms with Crippen molar-refractivity contribution in [2.24, 2.45) is 11.8 Å². The van der Waals surface area contributed by atoms with Crippen molar-refractivity contribution in [3.63, 3.8) is 0 Å². The van der Waals surface area contributed by atoms with Gasteiger partial charge in [0.25, 0.3) is 0 Å². The van der Waals surface area contributed by atoms with Crippen molar-refractivity contribution in [2.75, 3.05) is 0 Å². The fourth-order valence-electron chi connectivity index (χ4n) is 2.62. The number of carbonyl (C=O) groups excluding carboxylic acids is 1. The molecule has 1 saturated heterocycles. The first kappa shape index (κ1) is 16.7. The van der Waals surface area contributed by atoms with Crippen LogP contribution in [-0.4, -0.2) is 30.6 Å². The fraction of sp³-hybridized carbons (Fsp3) is 0.588. The van der Waals surface area contributed by atoms with Crippen LogP contribution in [0.3, 0.4) is 0 Å². The maximum absolute atomic E-state index is 14.6. The zero-order valence-corrected chi connectivity index (χ0v) is 13.4. The lowest BCUT2D eigenvalue weighted by Gasteiger charge is -2.22. The quantitative estimate of drug-likeness (QED) is 0.623. The van der Waals surface area contributed by atoms with Gasteiger partial charge in [-0.1, -0.05) is 45.9 Å². The van der Waals surface area contributed by atoms with E-state index in [4.69, 9.17) is 14.2 Å². The van der Waals surface area contributed by atoms with Gasteiger partial charge in [0.15, 0.2) is 12.3 Å². The molecular formula is C17H23FO4. The summed E-state index contributed by atoms with van der Waals surface area (Å²) in [6, 6.07) is 8.56. The second-order valence-corrected chi connectivity index (χ2v) is 6.25. The van der Waals surface area contributed by atoms with Gasteiger partial charge in [0, 0.05) is 0 Å². The summed E-state index contributed by atoms with van der Waals surface area (Å²) < 4.78 is 30.6. The van der Waals surface area contributed by atoms with Gasteiger partial charge in [0.2, 0.25) is 0 Å². The summed E-state index contributed by atoms with van der Waals surface area (Å²) in [5.74, 6) is 0.412. The molecule has 1 aliphatic rings. The first-order valence-electron chi connectivity index (χ1n) is 7.63. The van der Waals surface area contributed by atoms with Crippen molar-refractivity contribution in [1.29, 1.82) is 0 Å². The van der Waals surface area contributed by atoms with E-state index in [1.165, 1.54) is 0 Å². The Morgan fingerprint density at radius 1 is 1.09 bits per heavy atom. The molecule has 22 heavy (non-hydrogen) atoms. The molecule has 0 N–H and O–H groups in total. The predicted molar refractivity (Wildman–Crippen MR) is 80.6 cm³/mol. The first-order chi connectivity index (χ1) is 10.4. The van der Waals surface area contributed by atoms with Crippen molar-refractivity contribution in [2.45, 2.75) is 52.2 Å². The third kappa shape index (κ3) is 3.77. The standard InChI is InChI=1S/C17H23FO4/c1-10(2)14-13(18)16(15(21-14)11(3)4)22-17(19)20-12-8-6-5-7-9-12/h5-11,13-16H,1-4H3/t13-,14+,15-,16-/m1/s1. The minimum atomic E-state index is -1.35. The Morgan fingerprint density at radius 3 is 2.23 bits per heavy atom. The van der Waals surface area contributed by atoms with E-state index in [1.807, 2.05) is 33.8 Å². The van der Waals surface area contributed by atoms with E-state index in [0.717, 1.165) is 0 Å². The van der Waals surface area contributed by atoms with E-state index < -0.39 is 30.6 Å². The molecule has 1 fully saturated rings. The highest BCUT2D eigenvalue weighted by atomic mass is 19.1. The van der Waals surface area contributed by atoms with Crippen LogP contribution >= 0.6 is 0 Å². The summed E-state index contributed by atoms with van der Waals surface area (Å²) in [5, 5.41) is 0. The van der Waals surface area contributed by atoms with E-state index in [2.05, 4.69) is 0 Å². The summed E-state index contributed by atoms with van der Waals surface area (Å²) in [7, 11) is 0. The maximum Gasteiger partial charge on any atom is 0.514 e. The average molecular weight is 310 g/mol. The van der Waals surface area contributed by atoms with Gasteiger partial charge in [-0.3, -0.25) is 0 Å². The second kappa shape index (κ2) is 7.09. The molecule has 0 amide bonds. The van der Waals surface area contributed by atoms with Crippen LogP contribution in [-0.2, 0) is 9.47 Å². The Kier molecular flexibility index (Phi) is 5.40. The number of alkyl halides is 1. The molecule has 1 aliphatic heterocycles. The molecule has 4 nitrogen and oxygen atoms in total. The number of halogens is 1. The summed E-state index contributed by atoms with van der Waals surface area (Å²) in [4.78, 5) is 11.9. The molecule has 5 heteroatoms. The number of benzene rings is 1. The van der Waals surface area contributed by atoms with Crippen LogP contribution in [0.15, 0.2) is 30.3 Å². The number of hydrogen-bond acceptors (Lipinski definition) is 4. The Hall–Kier alpha value is -1.62. The molecule has 122 valence electrons. The smallest absolute Gasteiger partial charge is 0.425 e. The van der Waals surface area contributed by atoms with Gasteiger partial charge in [0.05, 0.1) is 6.10 Å². The molecule has 0 aromatic heterocycles. The average Bonchev–Trinajstić information content (AvgIpc) is 2.77. The van der Waals surface area contributed by atoms with Crippen molar-refractivity contribution in [3.05, 3.63) is 30.3 Å². The minimum absolute atomic E-state index is 0.00925. The summed E-state index contributed by atoms with van der Waals surface area (Å²) in [6.07, 6.45) is -4.23. The number of hydrogen-bond donors (Lipinski definition) is 0. The van der Waals surface area contributed by atoms with Crippen LogP contribution in [0.4, 0.5) is 9.18 Å². The van der Waals surface area contributed by atoms with Crippen molar-refractivity contribution < 1.29 is 23.4 Å². The molecule has 0 radical (unpaired) electrons. The zero-order chi connectivity index (χ0) is 16.3. The normalized spacial score (nSPS) is 28.1. The largest absolute Gasteiger partial charge is 0.514 e. The monoisotopic (exact) mass is 310 g/mol. The van der Waals surface area contributed by atoms with E-state index in [1.54, 1.807) is 24.3 Å². The van der Waals surface area contributed by atoms with E-state index >= 15 is 0 Å². The summed E-state index contributed by atoms with van der Waals surface area (Å²) in [6.45, 7) is 7.61. The van der Waals surface area contributed by atoms with E-state index in [9.17, 15) is 9.18 Å². The number of ether oxygens (including phenoxy) is 3. The van der Waals surface area contributed by atoms with E-state index in [-0.39, 0.29) is 11.8 Å². The number of carbonyl (C=O) groups is 1. The van der Waals surface area contributed by atoms with Gasteiger partial charge in [-0.15, -0.1) is 0 Å². The molecule has 0 bridgehead atoms. The van der Waals surface area contributed by atoms with Crippen LogP contribution in [0.5, 0.6) is 5.75 Å². The Bertz CT molecular complexity index is 489. The molecule has 1 aromatic rings. The molecule has 2 rings (SSSR count). The minimum Gasteiger partial charge on any atom is -0.425 e. The molecular weight excluding hydrogens is 287 g/mol. The molecule has 0 spiro atoms. The highest BCUT2D eigenvalue weighted by Crippen LogP contribution is 2.34. The number of rotatable bonds is 4. The van der Waals surface area contributed by atoms with E-state index in [0.29, 0.717) is 5.75 Å². The van der Waals surface area contributed by atoms with Crippen LogP contribution in [0.1, 0.15) is 27.7 Å². The number of para-hydroxylation sites is 1. The lowest BCUT2D eigenvalue weighted by Crippen LogP contribution is -2.38.